The molecule has 1 N–H and O–H groups in total. The van der Waals surface area contributed by atoms with Gasteiger partial charge in [0.1, 0.15) is 5.69 Å². The van der Waals surface area contributed by atoms with Gasteiger partial charge in [0.05, 0.1) is 5.41 Å². The minimum atomic E-state index is -0.220. The lowest BCUT2D eigenvalue weighted by Gasteiger charge is -2.46. The first-order chi connectivity index (χ1) is 11.5. The molecule has 1 aromatic heterocycles. The third-order valence-electron chi connectivity index (χ3n) is 5.20. The predicted octanol–water partition coefficient (Wildman–Crippen LogP) is 1.60. The van der Waals surface area contributed by atoms with Crippen molar-refractivity contribution in [3.05, 3.63) is 17.1 Å². The molecule has 2 bridgehead atoms. The average molecular weight is 350 g/mol. The summed E-state index contributed by atoms with van der Waals surface area (Å²) in [6, 6.07) is 1.65. The van der Waals surface area contributed by atoms with Gasteiger partial charge in [0.25, 0.3) is 5.91 Å². The topological polar surface area (TPSA) is 65.5 Å². The largest absolute Gasteiger partial charge is 0.351 e. The summed E-state index contributed by atoms with van der Waals surface area (Å²) in [5, 5.41) is 4.94. The van der Waals surface area contributed by atoms with Crippen LogP contribution in [-0.4, -0.2) is 65.3 Å². The van der Waals surface area contributed by atoms with E-state index >= 15 is 0 Å². The van der Waals surface area contributed by atoms with Crippen LogP contribution in [-0.2, 0) is 4.79 Å². The number of nitrogens with zero attached hydrogens (tertiary/aromatic N) is 3. The van der Waals surface area contributed by atoms with Crippen LogP contribution < -0.4 is 5.32 Å². The smallest absolute Gasteiger partial charge is 0.273 e. The fraction of sp³-hybridized carbons (Fsp3) is 0.706. The number of carbonyl (C=O) groups excluding carboxylic acids is 2. The first-order valence-electron chi connectivity index (χ1n) is 8.69. The zero-order valence-electron chi connectivity index (χ0n) is 14.5. The van der Waals surface area contributed by atoms with Crippen LogP contribution in [0.15, 0.2) is 11.4 Å². The first kappa shape index (κ1) is 17.4. The van der Waals surface area contributed by atoms with E-state index in [-0.39, 0.29) is 23.3 Å². The van der Waals surface area contributed by atoms with E-state index < -0.39 is 0 Å². The number of rotatable bonds is 5. The number of nitrogens with one attached hydrogen (secondary N) is 1. The van der Waals surface area contributed by atoms with E-state index in [1.165, 1.54) is 11.5 Å². The zero-order valence-corrected chi connectivity index (χ0v) is 15.3. The molecule has 6 nitrogen and oxygen atoms in total. The second-order valence-corrected chi connectivity index (χ2v) is 7.87. The van der Waals surface area contributed by atoms with E-state index in [4.69, 9.17) is 0 Å². The molecular formula is C17H26N4O2S. The Balaban J connectivity index is 1.55. The van der Waals surface area contributed by atoms with Gasteiger partial charge in [0, 0.05) is 31.6 Å². The van der Waals surface area contributed by atoms with Gasteiger partial charge in [-0.05, 0) is 63.3 Å². The highest BCUT2D eigenvalue weighted by molar-refractivity contribution is 7.03. The number of aromatic nitrogens is 1. The Morgan fingerprint density at radius 1 is 1.42 bits per heavy atom. The van der Waals surface area contributed by atoms with Gasteiger partial charge in [-0.2, -0.15) is 4.37 Å². The van der Waals surface area contributed by atoms with Crippen LogP contribution in [0.4, 0.5) is 0 Å². The zero-order chi connectivity index (χ0) is 17.2. The Kier molecular flexibility index (Phi) is 5.20. The van der Waals surface area contributed by atoms with Crippen LogP contribution in [0.1, 0.15) is 43.1 Å². The van der Waals surface area contributed by atoms with Crippen molar-refractivity contribution in [3.8, 4) is 0 Å². The maximum absolute atomic E-state index is 12.9. The van der Waals surface area contributed by atoms with Gasteiger partial charge in [-0.25, -0.2) is 0 Å². The molecule has 7 heteroatoms. The fourth-order valence-corrected chi connectivity index (χ4v) is 4.50. The minimum absolute atomic E-state index is 0.0724. The van der Waals surface area contributed by atoms with Crippen molar-refractivity contribution in [2.24, 2.45) is 5.41 Å². The Morgan fingerprint density at radius 2 is 2.12 bits per heavy atom. The SMILES string of the molecule is CC(CN(C)C(=O)c1ccsn1)NC(=O)C12CCCN(CCC1)C2. The van der Waals surface area contributed by atoms with E-state index in [0.29, 0.717) is 12.2 Å². The summed E-state index contributed by atoms with van der Waals surface area (Å²) < 4.78 is 4.08. The van der Waals surface area contributed by atoms with Crippen LogP contribution in [0.3, 0.4) is 0 Å². The monoisotopic (exact) mass is 350 g/mol. The van der Waals surface area contributed by atoms with Gasteiger partial charge in [-0.15, -0.1) is 0 Å². The molecule has 1 unspecified atom stereocenters. The highest BCUT2D eigenvalue weighted by atomic mass is 32.1. The number of hydrogen-bond donors (Lipinski definition) is 1. The van der Waals surface area contributed by atoms with Crippen LogP contribution in [0, 0.1) is 5.41 Å². The first-order valence-corrected chi connectivity index (χ1v) is 9.53. The van der Waals surface area contributed by atoms with Gasteiger partial charge in [-0.3, -0.25) is 9.59 Å². The molecule has 0 saturated carbocycles. The molecule has 3 rings (SSSR count). The van der Waals surface area contributed by atoms with Crippen molar-refractivity contribution < 1.29 is 9.59 Å². The van der Waals surface area contributed by atoms with E-state index in [1.807, 2.05) is 6.92 Å². The van der Waals surface area contributed by atoms with Gasteiger partial charge >= 0.3 is 0 Å². The third-order valence-corrected chi connectivity index (χ3v) is 5.76. The summed E-state index contributed by atoms with van der Waals surface area (Å²) in [6.45, 7) is 5.58. The summed E-state index contributed by atoms with van der Waals surface area (Å²) in [7, 11) is 1.76. The number of carbonyl (C=O) groups is 2. The van der Waals surface area contributed by atoms with Crippen LogP contribution in [0.2, 0.25) is 0 Å². The predicted molar refractivity (Wildman–Crippen MR) is 94.0 cm³/mol. The molecule has 0 aliphatic carbocycles. The number of fused-ring (bicyclic) bond motifs is 2. The molecule has 2 aliphatic rings. The highest BCUT2D eigenvalue weighted by Crippen LogP contribution is 2.38. The minimum Gasteiger partial charge on any atom is -0.351 e. The van der Waals surface area contributed by atoms with Gasteiger partial charge in [0.2, 0.25) is 5.91 Å². The van der Waals surface area contributed by atoms with E-state index in [2.05, 4.69) is 14.6 Å². The number of amides is 2. The average Bonchev–Trinajstić information content (AvgIpc) is 3.08. The van der Waals surface area contributed by atoms with E-state index in [9.17, 15) is 9.59 Å². The normalized spacial score (nSPS) is 27.3. The van der Waals surface area contributed by atoms with Crippen molar-refractivity contribution >= 4 is 23.3 Å². The van der Waals surface area contributed by atoms with Crippen LogP contribution >= 0.6 is 11.5 Å². The molecule has 1 atom stereocenters. The molecule has 132 valence electrons. The van der Waals surface area contributed by atoms with Crippen molar-refractivity contribution in [2.45, 2.75) is 38.6 Å². The second-order valence-electron chi connectivity index (χ2n) is 7.21. The quantitative estimate of drug-likeness (QED) is 0.876. The van der Waals surface area contributed by atoms with Crippen molar-refractivity contribution in [1.29, 1.82) is 0 Å². The molecule has 0 radical (unpaired) electrons. The fourth-order valence-electron chi connectivity index (χ4n) is 4.00. The Morgan fingerprint density at radius 3 is 2.75 bits per heavy atom. The highest BCUT2D eigenvalue weighted by Gasteiger charge is 2.44. The Hall–Kier alpha value is -1.47. The molecule has 0 spiro atoms. The summed E-state index contributed by atoms with van der Waals surface area (Å²) in [5.74, 6) is 0.0610. The van der Waals surface area contributed by atoms with Gasteiger partial charge < -0.3 is 15.1 Å². The molecule has 2 saturated heterocycles. The number of hydrogen-bond acceptors (Lipinski definition) is 5. The maximum atomic E-state index is 12.9. The number of likely N-dealkylation sites (N-methyl/N-ethyl adjacent to an activating group) is 1. The van der Waals surface area contributed by atoms with Gasteiger partial charge in [0.15, 0.2) is 0 Å². The Labute approximate surface area is 147 Å². The van der Waals surface area contributed by atoms with Gasteiger partial charge in [-0.1, -0.05) is 0 Å². The lowest BCUT2D eigenvalue weighted by molar-refractivity contribution is -0.138. The molecular weight excluding hydrogens is 324 g/mol. The van der Waals surface area contributed by atoms with Crippen molar-refractivity contribution in [2.75, 3.05) is 33.2 Å². The molecule has 2 fully saturated rings. The lowest BCUT2D eigenvalue weighted by atomic mass is 9.73. The summed E-state index contributed by atoms with van der Waals surface area (Å²) >= 11 is 1.27. The molecule has 2 aliphatic heterocycles. The Bertz CT molecular complexity index is 579. The summed E-state index contributed by atoms with van der Waals surface area (Å²) in [5.41, 5.74) is 0.247. The van der Waals surface area contributed by atoms with Crippen LogP contribution in [0.5, 0.6) is 0 Å². The molecule has 3 heterocycles. The third kappa shape index (κ3) is 3.62. The van der Waals surface area contributed by atoms with Crippen molar-refractivity contribution in [3.63, 3.8) is 0 Å². The maximum Gasteiger partial charge on any atom is 0.273 e. The van der Waals surface area contributed by atoms with E-state index in [1.54, 1.807) is 23.4 Å². The molecule has 2 amide bonds. The second kappa shape index (κ2) is 7.19. The van der Waals surface area contributed by atoms with Crippen molar-refractivity contribution in [1.82, 2.24) is 19.5 Å². The van der Waals surface area contributed by atoms with Crippen LogP contribution in [0.25, 0.3) is 0 Å². The van der Waals surface area contributed by atoms with E-state index in [0.717, 1.165) is 45.3 Å². The number of piperidine rings is 2. The molecule has 0 aromatic carbocycles. The molecule has 24 heavy (non-hydrogen) atoms. The molecule has 1 aromatic rings. The lowest BCUT2D eigenvalue weighted by Crippen LogP contribution is -2.57. The summed E-state index contributed by atoms with van der Waals surface area (Å²) in [4.78, 5) is 29.2. The summed E-state index contributed by atoms with van der Waals surface area (Å²) in [6.07, 6.45) is 4.17. The standard InChI is InChI=1S/C17H26N4O2S/c1-13(11-20(2)15(22)14-5-10-24-19-14)18-16(23)17-6-3-8-21(12-17)9-4-7-17/h5,10,13H,3-4,6-9,11-12H2,1-2H3,(H,18,23).